The first kappa shape index (κ1) is 13.7. The summed E-state index contributed by atoms with van der Waals surface area (Å²) in [7, 11) is 0. The maximum absolute atomic E-state index is 6.22. The second-order valence-electron chi connectivity index (χ2n) is 5.12. The summed E-state index contributed by atoms with van der Waals surface area (Å²) in [6, 6.07) is 10.8. The Balaban J connectivity index is 0.00000120. The highest BCUT2D eigenvalue weighted by Crippen LogP contribution is 2.46. The van der Waals surface area contributed by atoms with E-state index in [-0.39, 0.29) is 12.4 Å². The van der Waals surface area contributed by atoms with E-state index in [1.165, 1.54) is 5.56 Å². The molecule has 4 unspecified atom stereocenters. The number of fused-ring (bicyclic) bond motifs is 1. The fourth-order valence-electron chi connectivity index (χ4n) is 2.71. The van der Waals surface area contributed by atoms with Gasteiger partial charge in [0.2, 0.25) is 0 Å². The number of aliphatic imine (C=N–C) groups is 1. The Hall–Kier alpha value is -0.730. The van der Waals surface area contributed by atoms with Crippen LogP contribution in [0.5, 0.6) is 0 Å². The summed E-state index contributed by atoms with van der Waals surface area (Å²) in [5.41, 5.74) is 1.26. The van der Waals surface area contributed by atoms with Crippen molar-refractivity contribution in [2.24, 2.45) is 16.8 Å². The fourth-order valence-corrected chi connectivity index (χ4v) is 3.26. The lowest BCUT2D eigenvalue weighted by Crippen LogP contribution is -2.34. The third-order valence-electron chi connectivity index (χ3n) is 3.79. The van der Waals surface area contributed by atoms with Crippen LogP contribution in [0.1, 0.15) is 18.9 Å². The molecule has 1 N–H and O–H groups in total. The molecule has 0 bridgehead atoms. The van der Waals surface area contributed by atoms with E-state index in [0.29, 0.717) is 23.3 Å². The van der Waals surface area contributed by atoms with Crippen LogP contribution in [0.25, 0.3) is 0 Å². The molecule has 0 spiro atoms. The van der Waals surface area contributed by atoms with Gasteiger partial charge in [-0.3, -0.25) is 4.99 Å². The summed E-state index contributed by atoms with van der Waals surface area (Å²) in [5.74, 6) is 2.45. The molecule has 1 aromatic rings. The van der Waals surface area contributed by atoms with Crippen molar-refractivity contribution >= 4 is 29.8 Å². The number of benzene rings is 1. The number of nitrogens with one attached hydrogen (secondary N) is 1. The maximum Gasteiger partial charge on any atom is 0.0972 e. The Labute approximate surface area is 119 Å². The zero-order valence-electron chi connectivity index (χ0n) is 10.3. The van der Waals surface area contributed by atoms with Crippen molar-refractivity contribution in [3.63, 3.8) is 0 Å². The van der Waals surface area contributed by atoms with Gasteiger partial charge in [-0.05, 0) is 11.5 Å². The predicted molar refractivity (Wildman–Crippen MR) is 78.7 cm³/mol. The van der Waals surface area contributed by atoms with Gasteiger partial charge in [0, 0.05) is 18.4 Å². The molecule has 0 amide bonds. The largest absolute Gasteiger partial charge is 0.369 e. The van der Waals surface area contributed by atoms with E-state index in [1.54, 1.807) is 0 Å². The Kier molecular flexibility index (Phi) is 4.18. The molecule has 1 aliphatic heterocycles. The molecule has 1 saturated heterocycles. The molecule has 1 aromatic carbocycles. The van der Waals surface area contributed by atoms with Crippen LogP contribution in [0.15, 0.2) is 35.3 Å². The number of hydrogen-bond donors (Lipinski definition) is 1. The Morgan fingerprint density at radius 1 is 1.33 bits per heavy atom. The van der Waals surface area contributed by atoms with E-state index in [1.807, 2.05) is 6.07 Å². The van der Waals surface area contributed by atoms with Gasteiger partial charge in [-0.1, -0.05) is 37.3 Å². The van der Waals surface area contributed by atoms with Crippen LogP contribution in [-0.2, 0) is 6.54 Å². The molecule has 4 atom stereocenters. The molecule has 1 aliphatic carbocycles. The van der Waals surface area contributed by atoms with Crippen molar-refractivity contribution < 1.29 is 0 Å². The highest BCUT2D eigenvalue weighted by atomic mass is 35.5. The number of hydrogen-bond acceptors (Lipinski definition) is 1. The van der Waals surface area contributed by atoms with E-state index < -0.39 is 0 Å². The van der Waals surface area contributed by atoms with E-state index in [4.69, 9.17) is 11.6 Å². The van der Waals surface area contributed by atoms with Crippen molar-refractivity contribution in [3.8, 4) is 0 Å². The lowest BCUT2D eigenvalue weighted by molar-refractivity contribution is 0.474. The van der Waals surface area contributed by atoms with Gasteiger partial charge in [0.15, 0.2) is 0 Å². The molecule has 3 rings (SSSR count). The van der Waals surface area contributed by atoms with Crippen molar-refractivity contribution in [3.05, 3.63) is 35.9 Å². The highest BCUT2D eigenvalue weighted by molar-refractivity contribution is 6.24. The highest BCUT2D eigenvalue weighted by Gasteiger charge is 2.55. The first-order valence-corrected chi connectivity index (χ1v) is 6.67. The average Bonchev–Trinajstić information content (AvgIpc) is 3.00. The number of halogens is 2. The molecule has 1 heterocycles. The van der Waals surface area contributed by atoms with E-state index in [0.717, 1.165) is 18.8 Å². The van der Waals surface area contributed by atoms with E-state index in [9.17, 15) is 0 Å². The third-order valence-corrected chi connectivity index (χ3v) is 4.35. The monoisotopic (exact) mass is 284 g/mol. The van der Waals surface area contributed by atoms with E-state index >= 15 is 0 Å². The topological polar surface area (TPSA) is 24.4 Å². The number of rotatable bonds is 2. The van der Waals surface area contributed by atoms with Crippen LogP contribution in [-0.4, -0.2) is 17.3 Å². The number of alkyl halides is 1. The molecular formula is C14H18Cl2N2. The zero-order valence-corrected chi connectivity index (χ0v) is 11.9. The maximum atomic E-state index is 6.22. The smallest absolute Gasteiger partial charge is 0.0972 e. The van der Waals surface area contributed by atoms with Crippen molar-refractivity contribution in [2.75, 3.05) is 0 Å². The minimum absolute atomic E-state index is 0. The predicted octanol–water partition coefficient (Wildman–Crippen LogP) is 3.24. The van der Waals surface area contributed by atoms with Crippen LogP contribution in [0, 0.1) is 11.8 Å². The van der Waals surface area contributed by atoms with Crippen LogP contribution < -0.4 is 5.32 Å². The van der Waals surface area contributed by atoms with Gasteiger partial charge in [0.1, 0.15) is 0 Å². The average molecular weight is 285 g/mol. The molecule has 98 valence electrons. The lowest BCUT2D eigenvalue weighted by Gasteiger charge is -2.20. The quantitative estimate of drug-likeness (QED) is 0.829. The minimum Gasteiger partial charge on any atom is -0.369 e. The van der Waals surface area contributed by atoms with Gasteiger partial charge in [0.05, 0.1) is 17.8 Å². The first-order chi connectivity index (χ1) is 8.25. The third kappa shape index (κ3) is 2.65. The molecule has 2 nitrogen and oxygen atoms in total. The Morgan fingerprint density at radius 3 is 2.72 bits per heavy atom. The van der Waals surface area contributed by atoms with Gasteiger partial charge >= 0.3 is 0 Å². The Bertz CT molecular complexity index is 423. The van der Waals surface area contributed by atoms with Crippen LogP contribution in [0.4, 0.5) is 0 Å². The van der Waals surface area contributed by atoms with Gasteiger partial charge in [0.25, 0.3) is 0 Å². The summed E-state index contributed by atoms with van der Waals surface area (Å²) in [4.78, 5) is 4.66. The molecule has 2 fully saturated rings. The minimum atomic E-state index is 0. The first-order valence-electron chi connectivity index (χ1n) is 6.23. The second kappa shape index (κ2) is 5.50. The molecule has 18 heavy (non-hydrogen) atoms. The van der Waals surface area contributed by atoms with Gasteiger partial charge in [-0.15, -0.1) is 24.0 Å². The molecule has 1 saturated carbocycles. The van der Waals surface area contributed by atoms with Crippen molar-refractivity contribution in [1.29, 1.82) is 0 Å². The van der Waals surface area contributed by atoms with Gasteiger partial charge < -0.3 is 5.32 Å². The standard InChI is InChI=1S/C14H17ClN2.ClH/c1-9-7-11(17-14-12(9)13(14)15)16-8-10-5-3-2-4-6-10;/h2-6,9,12-14H,7-8H2,1H3,(H,16,17);1H. The molecule has 0 aromatic heterocycles. The number of amidine groups is 1. The summed E-state index contributed by atoms with van der Waals surface area (Å²) >= 11 is 6.22. The summed E-state index contributed by atoms with van der Waals surface area (Å²) in [5, 5.41) is 3.77. The fraction of sp³-hybridized carbons (Fsp3) is 0.500. The van der Waals surface area contributed by atoms with E-state index in [2.05, 4.69) is 41.5 Å². The summed E-state index contributed by atoms with van der Waals surface area (Å²) in [6.07, 6.45) is 1.04. The molecule has 2 aliphatic rings. The van der Waals surface area contributed by atoms with Gasteiger partial charge in [-0.25, -0.2) is 0 Å². The lowest BCUT2D eigenvalue weighted by atomic mass is 9.98. The van der Waals surface area contributed by atoms with Crippen molar-refractivity contribution in [2.45, 2.75) is 31.3 Å². The number of piperidine rings is 1. The summed E-state index contributed by atoms with van der Waals surface area (Å²) < 4.78 is 0. The van der Waals surface area contributed by atoms with Crippen LogP contribution in [0.3, 0.4) is 0 Å². The van der Waals surface area contributed by atoms with Crippen LogP contribution >= 0.6 is 24.0 Å². The van der Waals surface area contributed by atoms with Crippen LogP contribution in [0.2, 0.25) is 0 Å². The Morgan fingerprint density at radius 2 is 2.06 bits per heavy atom. The number of nitrogens with zero attached hydrogens (tertiary/aromatic N) is 1. The second-order valence-corrected chi connectivity index (χ2v) is 5.63. The SMILES string of the molecule is CC1CC(=NCc2ccccc2)NC2C(Cl)C12.Cl. The molecule has 0 radical (unpaired) electrons. The molecular weight excluding hydrogens is 267 g/mol. The zero-order chi connectivity index (χ0) is 11.8. The summed E-state index contributed by atoms with van der Waals surface area (Å²) in [6.45, 7) is 3.04. The normalized spacial score (nSPS) is 35.3. The molecule has 4 heteroatoms. The van der Waals surface area contributed by atoms with Crippen molar-refractivity contribution in [1.82, 2.24) is 5.32 Å². The van der Waals surface area contributed by atoms with Gasteiger partial charge in [-0.2, -0.15) is 0 Å².